The first-order valence-electron chi connectivity index (χ1n) is 13.2. The SMILES string of the molecule is O=C(CC1CCCCC1)N1CCC(CCN2CCC(c3coc4ccccc34)CC2)CC1. The van der Waals surface area contributed by atoms with Gasteiger partial charge in [0.15, 0.2) is 0 Å². The summed E-state index contributed by atoms with van der Waals surface area (Å²) in [6, 6.07) is 8.44. The molecule has 1 aromatic heterocycles. The van der Waals surface area contributed by atoms with Crippen molar-refractivity contribution in [3.05, 3.63) is 36.1 Å². The highest BCUT2D eigenvalue weighted by atomic mass is 16.3. The van der Waals surface area contributed by atoms with Gasteiger partial charge in [-0.15, -0.1) is 0 Å². The van der Waals surface area contributed by atoms with Crippen LogP contribution in [0.15, 0.2) is 34.9 Å². The highest BCUT2D eigenvalue weighted by molar-refractivity contribution is 5.81. The maximum Gasteiger partial charge on any atom is 0.222 e. The average molecular weight is 437 g/mol. The number of carbonyl (C=O) groups is 1. The smallest absolute Gasteiger partial charge is 0.222 e. The van der Waals surface area contributed by atoms with Crippen molar-refractivity contribution in [2.75, 3.05) is 32.7 Å². The summed E-state index contributed by atoms with van der Waals surface area (Å²) in [5.41, 5.74) is 2.43. The fourth-order valence-corrected chi connectivity index (χ4v) is 6.39. The second-order valence-corrected chi connectivity index (χ2v) is 10.6. The number of piperidine rings is 2. The third kappa shape index (κ3) is 5.22. The molecule has 1 saturated carbocycles. The largest absolute Gasteiger partial charge is 0.464 e. The highest BCUT2D eigenvalue weighted by Gasteiger charge is 2.27. The average Bonchev–Trinajstić information content (AvgIpc) is 3.28. The van der Waals surface area contributed by atoms with Crippen molar-refractivity contribution < 1.29 is 9.21 Å². The van der Waals surface area contributed by atoms with Gasteiger partial charge in [0, 0.05) is 30.5 Å². The number of fused-ring (bicyclic) bond motifs is 1. The summed E-state index contributed by atoms with van der Waals surface area (Å²) in [7, 11) is 0. The normalized spacial score (nSPS) is 22.6. The van der Waals surface area contributed by atoms with E-state index in [-0.39, 0.29) is 0 Å². The summed E-state index contributed by atoms with van der Waals surface area (Å²) < 4.78 is 5.78. The molecule has 0 spiro atoms. The molecule has 4 heteroatoms. The van der Waals surface area contributed by atoms with Crippen molar-refractivity contribution in [3.63, 3.8) is 0 Å². The molecule has 3 fully saturated rings. The lowest BCUT2D eigenvalue weighted by Gasteiger charge is -2.36. The first-order chi connectivity index (χ1) is 15.8. The molecule has 3 aliphatic rings. The van der Waals surface area contributed by atoms with Crippen LogP contribution in [0.3, 0.4) is 0 Å². The van der Waals surface area contributed by atoms with E-state index in [1.165, 1.54) is 94.8 Å². The van der Waals surface area contributed by atoms with E-state index in [0.717, 1.165) is 31.0 Å². The van der Waals surface area contributed by atoms with E-state index in [0.29, 0.717) is 17.7 Å². The maximum atomic E-state index is 12.7. The minimum atomic E-state index is 0.434. The Labute approximate surface area is 193 Å². The lowest BCUT2D eigenvalue weighted by Crippen LogP contribution is -2.40. The zero-order valence-electron chi connectivity index (χ0n) is 19.6. The van der Waals surface area contributed by atoms with Crippen LogP contribution in [0, 0.1) is 11.8 Å². The van der Waals surface area contributed by atoms with Crippen LogP contribution in [-0.4, -0.2) is 48.4 Å². The van der Waals surface area contributed by atoms with Gasteiger partial charge in [-0.25, -0.2) is 0 Å². The standard InChI is InChI=1S/C28H40N2O2/c31-28(20-23-6-2-1-3-7-23)30-18-11-22(12-19-30)10-15-29-16-13-24(14-17-29)26-21-32-27-9-5-4-8-25(26)27/h4-5,8-9,21-24H,1-3,6-7,10-20H2. The number of nitrogens with zero attached hydrogens (tertiary/aromatic N) is 2. The van der Waals surface area contributed by atoms with Gasteiger partial charge in [0.05, 0.1) is 6.26 Å². The molecule has 4 nitrogen and oxygen atoms in total. The quantitative estimate of drug-likeness (QED) is 0.540. The molecular formula is C28H40N2O2. The van der Waals surface area contributed by atoms with Gasteiger partial charge >= 0.3 is 0 Å². The fraction of sp³-hybridized carbons (Fsp3) is 0.679. The zero-order chi connectivity index (χ0) is 21.8. The van der Waals surface area contributed by atoms with E-state index < -0.39 is 0 Å². The molecule has 0 radical (unpaired) electrons. The second-order valence-electron chi connectivity index (χ2n) is 10.6. The molecule has 0 unspecified atom stereocenters. The van der Waals surface area contributed by atoms with Crippen molar-refractivity contribution in [2.45, 2.75) is 76.5 Å². The zero-order valence-corrected chi connectivity index (χ0v) is 19.6. The Hall–Kier alpha value is -1.81. The summed E-state index contributed by atoms with van der Waals surface area (Å²) in [5, 5.41) is 1.30. The van der Waals surface area contributed by atoms with Crippen molar-refractivity contribution in [1.29, 1.82) is 0 Å². The molecule has 1 aliphatic carbocycles. The third-order valence-corrected chi connectivity index (χ3v) is 8.55. The van der Waals surface area contributed by atoms with Gasteiger partial charge < -0.3 is 14.2 Å². The lowest BCUT2D eigenvalue weighted by atomic mass is 9.86. The van der Waals surface area contributed by atoms with Crippen LogP contribution < -0.4 is 0 Å². The van der Waals surface area contributed by atoms with Crippen LogP contribution in [0.1, 0.15) is 82.1 Å². The molecule has 1 amide bonds. The molecule has 1 aromatic carbocycles. The predicted molar refractivity (Wildman–Crippen MR) is 130 cm³/mol. The molecule has 174 valence electrons. The number of hydrogen-bond acceptors (Lipinski definition) is 3. The Morgan fingerprint density at radius 3 is 2.41 bits per heavy atom. The summed E-state index contributed by atoms with van der Waals surface area (Å²) in [6.07, 6.45) is 15.5. The van der Waals surface area contributed by atoms with E-state index in [1.54, 1.807) is 0 Å². The number of likely N-dealkylation sites (tertiary alicyclic amines) is 2. The first-order valence-corrected chi connectivity index (χ1v) is 13.2. The van der Waals surface area contributed by atoms with Crippen molar-refractivity contribution in [2.24, 2.45) is 11.8 Å². The van der Waals surface area contributed by atoms with Gasteiger partial charge in [0.2, 0.25) is 5.91 Å². The first kappa shape index (κ1) is 22.0. The summed E-state index contributed by atoms with van der Waals surface area (Å²) in [6.45, 7) is 5.60. The number of benzene rings is 1. The number of carbonyl (C=O) groups excluding carboxylic acids is 1. The number of hydrogen-bond donors (Lipinski definition) is 0. The van der Waals surface area contributed by atoms with Gasteiger partial charge in [-0.2, -0.15) is 0 Å². The van der Waals surface area contributed by atoms with Crippen molar-refractivity contribution in [1.82, 2.24) is 9.80 Å². The number of amides is 1. The molecule has 0 N–H and O–H groups in total. The number of furan rings is 1. The predicted octanol–water partition coefficient (Wildman–Crippen LogP) is 6.21. The maximum absolute atomic E-state index is 12.7. The fourth-order valence-electron chi connectivity index (χ4n) is 6.39. The van der Waals surface area contributed by atoms with Gasteiger partial charge in [-0.1, -0.05) is 37.5 Å². The Morgan fingerprint density at radius 1 is 0.875 bits per heavy atom. The molecule has 2 aromatic rings. The summed E-state index contributed by atoms with van der Waals surface area (Å²) >= 11 is 0. The van der Waals surface area contributed by atoms with Gasteiger partial charge in [0.25, 0.3) is 0 Å². The van der Waals surface area contributed by atoms with Gasteiger partial charge in [0.1, 0.15) is 5.58 Å². The number of rotatable bonds is 6. The van der Waals surface area contributed by atoms with E-state index >= 15 is 0 Å². The molecule has 2 aliphatic heterocycles. The molecule has 3 heterocycles. The minimum absolute atomic E-state index is 0.434. The second kappa shape index (κ2) is 10.4. The molecule has 0 atom stereocenters. The molecule has 0 bridgehead atoms. The van der Waals surface area contributed by atoms with E-state index in [4.69, 9.17) is 4.42 Å². The topological polar surface area (TPSA) is 36.7 Å². The molecule has 2 saturated heterocycles. The number of para-hydroxylation sites is 1. The van der Waals surface area contributed by atoms with E-state index in [1.807, 2.05) is 6.26 Å². The Kier molecular flexibility index (Phi) is 7.16. The Morgan fingerprint density at radius 2 is 1.62 bits per heavy atom. The van der Waals surface area contributed by atoms with Crippen molar-refractivity contribution >= 4 is 16.9 Å². The van der Waals surface area contributed by atoms with E-state index in [2.05, 4.69) is 34.1 Å². The van der Waals surface area contributed by atoms with Crippen LogP contribution in [0.4, 0.5) is 0 Å². The summed E-state index contributed by atoms with van der Waals surface area (Å²) in [5.74, 6) is 2.53. The third-order valence-electron chi connectivity index (χ3n) is 8.55. The van der Waals surface area contributed by atoms with Gasteiger partial charge in [-0.3, -0.25) is 4.79 Å². The van der Waals surface area contributed by atoms with Crippen LogP contribution in [0.5, 0.6) is 0 Å². The molecular weight excluding hydrogens is 396 g/mol. The Balaban J connectivity index is 1.01. The monoisotopic (exact) mass is 436 g/mol. The molecule has 32 heavy (non-hydrogen) atoms. The lowest BCUT2D eigenvalue weighted by molar-refractivity contribution is -0.133. The molecule has 5 rings (SSSR count). The van der Waals surface area contributed by atoms with Crippen LogP contribution in [-0.2, 0) is 4.79 Å². The Bertz CT molecular complexity index is 868. The summed E-state index contributed by atoms with van der Waals surface area (Å²) in [4.78, 5) is 17.5. The minimum Gasteiger partial charge on any atom is -0.464 e. The van der Waals surface area contributed by atoms with Crippen LogP contribution >= 0.6 is 0 Å². The highest BCUT2D eigenvalue weighted by Crippen LogP contribution is 2.35. The van der Waals surface area contributed by atoms with E-state index in [9.17, 15) is 4.79 Å². The van der Waals surface area contributed by atoms with Crippen LogP contribution in [0.2, 0.25) is 0 Å². The van der Waals surface area contributed by atoms with Crippen molar-refractivity contribution in [3.8, 4) is 0 Å². The van der Waals surface area contributed by atoms with Gasteiger partial charge in [-0.05, 0) is 88.4 Å². The van der Waals surface area contributed by atoms with Crippen LogP contribution in [0.25, 0.3) is 11.0 Å².